The Morgan fingerprint density at radius 2 is 1.89 bits per heavy atom. The topological polar surface area (TPSA) is 62.5 Å². The summed E-state index contributed by atoms with van der Waals surface area (Å²) in [6.45, 7) is 6.52. The van der Waals surface area contributed by atoms with Gasteiger partial charge in [-0.15, -0.1) is 0 Å². The molecule has 2 aromatic heterocycles. The quantitative estimate of drug-likeness (QED) is 0.697. The van der Waals surface area contributed by atoms with Crippen LogP contribution in [-0.2, 0) is 0 Å². The summed E-state index contributed by atoms with van der Waals surface area (Å²) in [6, 6.07) is 11.9. The molecule has 2 aliphatic rings. The van der Waals surface area contributed by atoms with Crippen molar-refractivity contribution >= 4 is 17.0 Å². The van der Waals surface area contributed by atoms with Crippen molar-refractivity contribution in [2.45, 2.75) is 25.7 Å². The fourth-order valence-electron chi connectivity index (χ4n) is 3.96. The van der Waals surface area contributed by atoms with Crippen molar-refractivity contribution in [1.82, 2.24) is 19.9 Å². The van der Waals surface area contributed by atoms with Crippen LogP contribution in [0, 0.1) is 0 Å². The predicted octanol–water partition coefficient (Wildman–Crippen LogP) is 3.54. The van der Waals surface area contributed by atoms with Crippen LogP contribution in [-0.4, -0.2) is 58.6 Å². The summed E-state index contributed by atoms with van der Waals surface area (Å²) >= 11 is 0. The van der Waals surface area contributed by atoms with Crippen LogP contribution in [0.15, 0.2) is 40.9 Å². The molecule has 5 rings (SSSR count). The molecular weight excluding hydrogens is 352 g/mol. The van der Waals surface area contributed by atoms with Crippen molar-refractivity contribution < 1.29 is 9.32 Å². The Morgan fingerprint density at radius 3 is 2.57 bits per heavy atom. The molecule has 6 nitrogen and oxygen atoms in total. The standard InChI is InChI=1S/C22H24N4O2/c1-2-25-10-12-26(13-11-25)22(27)17-14-18(15-8-9-15)23-21-19(17)20(24-28-21)16-6-4-3-5-7-16/h3-7,14-15H,2,8-13H2,1H3. The van der Waals surface area contributed by atoms with Crippen molar-refractivity contribution in [2.24, 2.45) is 0 Å². The average molecular weight is 376 g/mol. The molecule has 3 heterocycles. The number of aromatic nitrogens is 2. The van der Waals surface area contributed by atoms with E-state index in [2.05, 4.69) is 22.0 Å². The smallest absolute Gasteiger partial charge is 0.259 e. The first kappa shape index (κ1) is 17.4. The van der Waals surface area contributed by atoms with Crippen molar-refractivity contribution in [3.63, 3.8) is 0 Å². The molecule has 0 atom stereocenters. The minimum atomic E-state index is 0.0606. The van der Waals surface area contributed by atoms with Crippen molar-refractivity contribution in [1.29, 1.82) is 0 Å². The van der Waals surface area contributed by atoms with Crippen LogP contribution in [0.1, 0.15) is 41.7 Å². The molecule has 6 heteroatoms. The average Bonchev–Trinajstić information content (AvgIpc) is 3.52. The van der Waals surface area contributed by atoms with E-state index in [4.69, 9.17) is 4.52 Å². The van der Waals surface area contributed by atoms with Gasteiger partial charge in [-0.3, -0.25) is 4.79 Å². The molecule has 28 heavy (non-hydrogen) atoms. The summed E-state index contributed by atoms with van der Waals surface area (Å²) in [6.07, 6.45) is 2.25. The molecule has 1 saturated carbocycles. The van der Waals surface area contributed by atoms with Crippen LogP contribution in [0.2, 0.25) is 0 Å². The molecule has 0 bridgehead atoms. The van der Waals surface area contributed by atoms with E-state index in [1.807, 2.05) is 41.3 Å². The number of rotatable bonds is 4. The van der Waals surface area contributed by atoms with E-state index in [1.54, 1.807) is 0 Å². The fraction of sp³-hybridized carbons (Fsp3) is 0.409. The Bertz CT molecular complexity index is 1000. The highest BCUT2D eigenvalue weighted by Crippen LogP contribution is 2.41. The van der Waals surface area contributed by atoms with Gasteiger partial charge in [-0.1, -0.05) is 42.4 Å². The van der Waals surface area contributed by atoms with E-state index in [0.29, 0.717) is 22.9 Å². The number of amides is 1. The summed E-state index contributed by atoms with van der Waals surface area (Å²) in [5, 5.41) is 5.02. The van der Waals surface area contributed by atoms with Crippen LogP contribution in [0.25, 0.3) is 22.4 Å². The van der Waals surface area contributed by atoms with Gasteiger partial charge in [-0.2, -0.15) is 0 Å². The lowest BCUT2D eigenvalue weighted by molar-refractivity contribution is 0.0645. The largest absolute Gasteiger partial charge is 0.336 e. The third-order valence-corrected chi connectivity index (χ3v) is 5.85. The monoisotopic (exact) mass is 376 g/mol. The number of benzene rings is 1. The zero-order chi connectivity index (χ0) is 19.1. The van der Waals surface area contributed by atoms with Gasteiger partial charge >= 0.3 is 0 Å². The van der Waals surface area contributed by atoms with E-state index in [9.17, 15) is 4.79 Å². The minimum absolute atomic E-state index is 0.0606. The number of hydrogen-bond donors (Lipinski definition) is 0. The maximum Gasteiger partial charge on any atom is 0.259 e. The Hall–Kier alpha value is -2.73. The van der Waals surface area contributed by atoms with E-state index in [-0.39, 0.29) is 5.91 Å². The van der Waals surface area contributed by atoms with Crippen LogP contribution in [0.5, 0.6) is 0 Å². The zero-order valence-electron chi connectivity index (χ0n) is 16.1. The molecule has 0 N–H and O–H groups in total. The molecule has 0 unspecified atom stereocenters. The second kappa shape index (κ2) is 7.02. The molecule has 3 aromatic rings. The Labute approximate surface area is 164 Å². The second-order valence-electron chi connectivity index (χ2n) is 7.67. The van der Waals surface area contributed by atoms with Crippen molar-refractivity contribution in [3.05, 3.63) is 47.7 Å². The van der Waals surface area contributed by atoms with E-state index >= 15 is 0 Å². The van der Waals surface area contributed by atoms with Crippen LogP contribution in [0.3, 0.4) is 0 Å². The number of fused-ring (bicyclic) bond motifs is 1. The van der Waals surface area contributed by atoms with Crippen LogP contribution in [0.4, 0.5) is 0 Å². The van der Waals surface area contributed by atoms with Gasteiger partial charge in [0.25, 0.3) is 11.6 Å². The molecule has 1 aliphatic heterocycles. The normalized spacial score (nSPS) is 18.0. The number of piperazine rings is 1. The van der Waals surface area contributed by atoms with E-state index in [0.717, 1.165) is 62.2 Å². The predicted molar refractivity (Wildman–Crippen MR) is 107 cm³/mol. The number of carbonyl (C=O) groups is 1. The summed E-state index contributed by atoms with van der Waals surface area (Å²) in [4.78, 5) is 22.5. The SMILES string of the molecule is CCN1CCN(C(=O)c2cc(C3CC3)nc3onc(-c4ccccc4)c23)CC1. The van der Waals surface area contributed by atoms with Gasteiger partial charge in [0, 0.05) is 43.4 Å². The molecule has 1 saturated heterocycles. The van der Waals surface area contributed by atoms with Gasteiger partial charge in [0.1, 0.15) is 5.69 Å². The Morgan fingerprint density at radius 1 is 1.14 bits per heavy atom. The van der Waals surface area contributed by atoms with Crippen molar-refractivity contribution in [2.75, 3.05) is 32.7 Å². The molecule has 144 valence electrons. The minimum Gasteiger partial charge on any atom is -0.336 e. The highest BCUT2D eigenvalue weighted by atomic mass is 16.5. The highest BCUT2D eigenvalue weighted by molar-refractivity contribution is 6.09. The van der Waals surface area contributed by atoms with Gasteiger partial charge in [0.2, 0.25) is 0 Å². The van der Waals surface area contributed by atoms with Gasteiger partial charge in [-0.05, 0) is 25.5 Å². The van der Waals surface area contributed by atoms with E-state index < -0.39 is 0 Å². The summed E-state index contributed by atoms with van der Waals surface area (Å²) in [5.41, 5.74) is 3.74. The lowest BCUT2D eigenvalue weighted by Crippen LogP contribution is -2.48. The number of hydrogen-bond acceptors (Lipinski definition) is 5. The number of likely N-dealkylation sites (N-methyl/N-ethyl adjacent to an activating group) is 1. The first-order valence-electron chi connectivity index (χ1n) is 10.1. The zero-order valence-corrected chi connectivity index (χ0v) is 16.1. The third kappa shape index (κ3) is 3.07. The molecule has 1 aliphatic carbocycles. The molecule has 0 radical (unpaired) electrons. The number of nitrogens with zero attached hydrogens (tertiary/aromatic N) is 4. The maximum atomic E-state index is 13.5. The molecule has 2 fully saturated rings. The highest BCUT2D eigenvalue weighted by Gasteiger charge is 2.31. The Kier molecular flexibility index (Phi) is 4.36. The van der Waals surface area contributed by atoms with Crippen LogP contribution < -0.4 is 0 Å². The molecule has 1 aromatic carbocycles. The molecular formula is C22H24N4O2. The van der Waals surface area contributed by atoms with Crippen molar-refractivity contribution in [3.8, 4) is 11.3 Å². The van der Waals surface area contributed by atoms with E-state index in [1.165, 1.54) is 0 Å². The lowest BCUT2D eigenvalue weighted by Gasteiger charge is -2.34. The van der Waals surface area contributed by atoms with Gasteiger partial charge < -0.3 is 14.3 Å². The summed E-state index contributed by atoms with van der Waals surface area (Å²) in [5.74, 6) is 0.503. The first-order valence-corrected chi connectivity index (χ1v) is 10.1. The lowest BCUT2D eigenvalue weighted by atomic mass is 10.0. The number of pyridine rings is 1. The second-order valence-corrected chi connectivity index (χ2v) is 7.67. The van der Waals surface area contributed by atoms with Gasteiger partial charge in [-0.25, -0.2) is 4.98 Å². The first-order chi connectivity index (χ1) is 13.7. The molecule has 1 amide bonds. The third-order valence-electron chi connectivity index (χ3n) is 5.85. The van der Waals surface area contributed by atoms with Gasteiger partial charge in [0.05, 0.1) is 10.9 Å². The number of carbonyl (C=O) groups excluding carboxylic acids is 1. The van der Waals surface area contributed by atoms with Gasteiger partial charge in [0.15, 0.2) is 0 Å². The molecule has 0 spiro atoms. The summed E-state index contributed by atoms with van der Waals surface area (Å²) in [7, 11) is 0. The van der Waals surface area contributed by atoms with Crippen LogP contribution >= 0.6 is 0 Å². The maximum absolute atomic E-state index is 13.5. The fourth-order valence-corrected chi connectivity index (χ4v) is 3.96. The Balaban J connectivity index is 1.59. The summed E-state index contributed by atoms with van der Waals surface area (Å²) < 4.78 is 5.59.